The molecule has 1 aliphatic rings. The molecular formula is C27H30N6O2. The molecule has 4 aromatic rings. The van der Waals surface area contributed by atoms with Crippen LogP contribution in [0.15, 0.2) is 67.1 Å². The lowest BCUT2D eigenvalue weighted by atomic mass is 10.0. The lowest BCUT2D eigenvalue weighted by Crippen LogP contribution is -2.34. The average Bonchev–Trinajstić information content (AvgIpc) is 3.33. The van der Waals surface area contributed by atoms with Gasteiger partial charge < -0.3 is 9.64 Å². The number of nitrogens with zero attached hydrogens (tertiary/aromatic N) is 5. The van der Waals surface area contributed by atoms with Crippen LogP contribution in [0.1, 0.15) is 39.7 Å². The summed E-state index contributed by atoms with van der Waals surface area (Å²) in [6, 6.07) is 16.1. The van der Waals surface area contributed by atoms with Crippen molar-refractivity contribution in [2.24, 2.45) is 0 Å². The second kappa shape index (κ2) is 9.37. The van der Waals surface area contributed by atoms with E-state index in [1.165, 1.54) is 0 Å². The standard InChI is InChI=1S/C27H30N6O2/c1-27(2,3)35-26(34)30-20-7-6-8-22(15-20)32-13-11-21(12-14-32)33-18-19(16-29-33)25-17-28-23-9-4-5-10-24(23)31-25/h4-10,15-18,21H,11-14H2,1-3H3,(H,30,34). The minimum atomic E-state index is -0.531. The molecule has 1 N–H and O–H groups in total. The van der Waals surface area contributed by atoms with Crippen molar-refractivity contribution in [1.82, 2.24) is 19.7 Å². The number of benzene rings is 2. The van der Waals surface area contributed by atoms with Gasteiger partial charge in [-0.15, -0.1) is 0 Å². The highest BCUT2D eigenvalue weighted by atomic mass is 16.6. The van der Waals surface area contributed by atoms with Crippen LogP contribution in [-0.2, 0) is 4.74 Å². The Balaban J connectivity index is 1.22. The van der Waals surface area contributed by atoms with Crippen molar-refractivity contribution in [3.63, 3.8) is 0 Å². The molecule has 1 amide bonds. The number of ether oxygens (including phenoxy) is 1. The maximum atomic E-state index is 12.1. The molecule has 8 nitrogen and oxygen atoms in total. The molecule has 0 saturated carbocycles. The van der Waals surface area contributed by atoms with E-state index < -0.39 is 11.7 Å². The summed E-state index contributed by atoms with van der Waals surface area (Å²) < 4.78 is 7.42. The van der Waals surface area contributed by atoms with Crippen molar-refractivity contribution in [3.8, 4) is 11.3 Å². The number of rotatable bonds is 4. The van der Waals surface area contributed by atoms with Crippen LogP contribution in [0, 0.1) is 0 Å². The third-order valence-corrected chi connectivity index (χ3v) is 6.04. The van der Waals surface area contributed by atoms with Crippen molar-refractivity contribution in [2.75, 3.05) is 23.3 Å². The number of aromatic nitrogens is 4. The van der Waals surface area contributed by atoms with Crippen LogP contribution >= 0.6 is 0 Å². The third kappa shape index (κ3) is 5.42. The largest absolute Gasteiger partial charge is 0.444 e. The molecular weight excluding hydrogens is 440 g/mol. The van der Waals surface area contributed by atoms with Gasteiger partial charge in [-0.25, -0.2) is 9.78 Å². The van der Waals surface area contributed by atoms with Gasteiger partial charge in [0, 0.05) is 36.2 Å². The Morgan fingerprint density at radius 1 is 1.03 bits per heavy atom. The van der Waals surface area contributed by atoms with Crippen LogP contribution in [0.3, 0.4) is 0 Å². The maximum absolute atomic E-state index is 12.1. The summed E-state index contributed by atoms with van der Waals surface area (Å²) in [5.41, 5.74) is 4.87. The molecule has 0 bridgehead atoms. The molecule has 3 heterocycles. The highest BCUT2D eigenvalue weighted by Gasteiger charge is 2.22. The topological polar surface area (TPSA) is 85.2 Å². The van der Waals surface area contributed by atoms with Crippen LogP contribution in [0.4, 0.5) is 16.2 Å². The SMILES string of the molecule is CC(C)(C)OC(=O)Nc1cccc(N2CCC(n3cc(-c4cnc5ccccc5n4)cn3)CC2)c1. The number of carbonyl (C=O) groups is 1. The Bertz CT molecular complexity index is 1330. The fourth-order valence-corrected chi connectivity index (χ4v) is 4.36. The quantitative estimate of drug-likeness (QED) is 0.413. The summed E-state index contributed by atoms with van der Waals surface area (Å²) in [5, 5.41) is 7.47. The highest BCUT2D eigenvalue weighted by Crippen LogP contribution is 2.29. The number of anilines is 2. The molecule has 8 heteroatoms. The van der Waals surface area contributed by atoms with Crippen molar-refractivity contribution in [2.45, 2.75) is 45.3 Å². The zero-order valence-corrected chi connectivity index (χ0v) is 20.3. The smallest absolute Gasteiger partial charge is 0.412 e. The predicted molar refractivity (Wildman–Crippen MR) is 138 cm³/mol. The number of nitrogens with one attached hydrogen (secondary N) is 1. The molecule has 2 aromatic carbocycles. The van der Waals surface area contributed by atoms with Gasteiger partial charge in [-0.05, 0) is 63.9 Å². The van der Waals surface area contributed by atoms with Crippen molar-refractivity contribution < 1.29 is 9.53 Å². The number of para-hydroxylation sites is 2. The summed E-state index contributed by atoms with van der Waals surface area (Å²) >= 11 is 0. The van der Waals surface area contributed by atoms with Gasteiger partial charge in [-0.3, -0.25) is 15.0 Å². The molecule has 0 unspecified atom stereocenters. The minimum Gasteiger partial charge on any atom is -0.444 e. The molecule has 0 spiro atoms. The molecule has 0 aliphatic carbocycles. The first kappa shape index (κ1) is 22.8. The fourth-order valence-electron chi connectivity index (χ4n) is 4.36. The monoisotopic (exact) mass is 470 g/mol. The van der Waals surface area contributed by atoms with E-state index in [0.717, 1.165) is 59.6 Å². The number of amides is 1. The summed E-state index contributed by atoms with van der Waals surface area (Å²) in [6.45, 7) is 7.37. The van der Waals surface area contributed by atoms with Crippen LogP contribution in [0.25, 0.3) is 22.3 Å². The summed E-state index contributed by atoms with van der Waals surface area (Å²) in [4.78, 5) is 23.7. The van der Waals surface area contributed by atoms with Gasteiger partial charge in [-0.1, -0.05) is 18.2 Å². The van der Waals surface area contributed by atoms with Gasteiger partial charge in [0.2, 0.25) is 0 Å². The molecule has 1 aliphatic heterocycles. The molecule has 1 fully saturated rings. The summed E-state index contributed by atoms with van der Waals surface area (Å²) in [6.07, 6.45) is 7.27. The lowest BCUT2D eigenvalue weighted by Gasteiger charge is -2.34. The first-order chi connectivity index (χ1) is 16.8. The Morgan fingerprint density at radius 2 is 1.80 bits per heavy atom. The molecule has 0 radical (unpaired) electrons. The molecule has 5 rings (SSSR count). The number of piperidine rings is 1. The summed E-state index contributed by atoms with van der Waals surface area (Å²) in [7, 11) is 0. The predicted octanol–water partition coefficient (Wildman–Crippen LogP) is 5.68. The number of hydrogen-bond acceptors (Lipinski definition) is 6. The van der Waals surface area contributed by atoms with E-state index in [9.17, 15) is 4.79 Å². The number of hydrogen-bond donors (Lipinski definition) is 1. The van der Waals surface area contributed by atoms with Gasteiger partial charge in [0.25, 0.3) is 0 Å². The van der Waals surface area contributed by atoms with E-state index in [0.29, 0.717) is 6.04 Å². The van der Waals surface area contributed by atoms with Gasteiger partial charge in [0.1, 0.15) is 5.60 Å². The van der Waals surface area contributed by atoms with Crippen LogP contribution < -0.4 is 10.2 Å². The van der Waals surface area contributed by atoms with E-state index in [4.69, 9.17) is 9.72 Å². The van der Waals surface area contributed by atoms with Gasteiger partial charge in [0.05, 0.1) is 35.2 Å². The van der Waals surface area contributed by atoms with Gasteiger partial charge in [0.15, 0.2) is 0 Å². The second-order valence-electron chi connectivity index (χ2n) is 9.85. The van der Waals surface area contributed by atoms with Gasteiger partial charge in [-0.2, -0.15) is 5.10 Å². The van der Waals surface area contributed by atoms with Gasteiger partial charge >= 0.3 is 6.09 Å². The fraction of sp³-hybridized carbons (Fsp3) is 0.333. The Labute approximate surface area is 205 Å². The normalized spacial score (nSPS) is 14.8. The second-order valence-corrected chi connectivity index (χ2v) is 9.85. The molecule has 180 valence electrons. The third-order valence-electron chi connectivity index (χ3n) is 6.04. The lowest BCUT2D eigenvalue weighted by molar-refractivity contribution is 0.0636. The van der Waals surface area contributed by atoms with E-state index in [1.807, 2.05) is 75.6 Å². The highest BCUT2D eigenvalue weighted by molar-refractivity contribution is 5.85. The zero-order chi connectivity index (χ0) is 24.4. The van der Waals surface area contributed by atoms with E-state index in [-0.39, 0.29) is 0 Å². The molecule has 0 atom stereocenters. The Hall–Kier alpha value is -3.94. The summed E-state index contributed by atoms with van der Waals surface area (Å²) in [5.74, 6) is 0. The van der Waals surface area contributed by atoms with Crippen molar-refractivity contribution in [1.29, 1.82) is 0 Å². The molecule has 1 saturated heterocycles. The van der Waals surface area contributed by atoms with Crippen molar-refractivity contribution in [3.05, 3.63) is 67.1 Å². The maximum Gasteiger partial charge on any atom is 0.412 e. The van der Waals surface area contributed by atoms with E-state index >= 15 is 0 Å². The number of carbonyl (C=O) groups excluding carboxylic acids is 1. The minimum absolute atomic E-state index is 0.330. The first-order valence-corrected chi connectivity index (χ1v) is 12.0. The molecule has 35 heavy (non-hydrogen) atoms. The van der Waals surface area contributed by atoms with Crippen LogP contribution in [0.2, 0.25) is 0 Å². The van der Waals surface area contributed by atoms with Crippen LogP contribution in [-0.4, -0.2) is 44.5 Å². The van der Waals surface area contributed by atoms with Crippen molar-refractivity contribution >= 4 is 28.5 Å². The van der Waals surface area contributed by atoms with Crippen LogP contribution in [0.5, 0.6) is 0 Å². The van der Waals surface area contributed by atoms with E-state index in [2.05, 4.69) is 37.2 Å². The van der Waals surface area contributed by atoms with E-state index in [1.54, 1.807) is 0 Å². The number of fused-ring (bicyclic) bond motifs is 1. The Kier molecular flexibility index (Phi) is 6.11. The average molecular weight is 471 g/mol. The molecule has 2 aromatic heterocycles. The zero-order valence-electron chi connectivity index (χ0n) is 20.3. The Morgan fingerprint density at radius 3 is 2.57 bits per heavy atom. The first-order valence-electron chi connectivity index (χ1n) is 12.0.